The van der Waals surface area contributed by atoms with E-state index in [4.69, 9.17) is 10.2 Å². The molecule has 94 valence electrons. The molecule has 1 rings (SSSR count). The van der Waals surface area contributed by atoms with Crippen LogP contribution in [0.5, 0.6) is 0 Å². The minimum atomic E-state index is -5.01. The van der Waals surface area contributed by atoms with Crippen LogP contribution in [0.2, 0.25) is 0 Å². The van der Waals surface area contributed by atoms with Crippen LogP contribution in [-0.2, 0) is 11.3 Å². The first-order valence-electron chi connectivity index (χ1n) is 4.28. The molecule has 1 heterocycles. The first-order chi connectivity index (χ1) is 7.80. The van der Waals surface area contributed by atoms with Crippen molar-refractivity contribution in [3.8, 4) is 0 Å². The molecule has 0 bridgehead atoms. The third-order valence-corrected chi connectivity index (χ3v) is 1.87. The number of hydrazine groups is 1. The molecule has 0 aliphatic heterocycles. The summed E-state index contributed by atoms with van der Waals surface area (Å²) in [6, 6.07) is 3.05. The van der Waals surface area contributed by atoms with Gasteiger partial charge in [-0.25, -0.2) is 0 Å². The maximum absolute atomic E-state index is 12.0. The molecule has 0 atom stereocenters. The third-order valence-electron chi connectivity index (χ3n) is 1.65. The highest BCUT2D eigenvalue weighted by Crippen LogP contribution is 2.14. The Bertz CT molecular complexity index is 405. The van der Waals surface area contributed by atoms with Gasteiger partial charge < -0.3 is 10.2 Å². The van der Waals surface area contributed by atoms with E-state index in [1.54, 1.807) is 6.07 Å². The summed E-state index contributed by atoms with van der Waals surface area (Å²) in [7, 11) is 0. The van der Waals surface area contributed by atoms with Gasteiger partial charge in [0, 0.05) is 0 Å². The molecule has 3 N–H and O–H groups in total. The molecule has 0 spiro atoms. The summed E-state index contributed by atoms with van der Waals surface area (Å²) in [6.45, 7) is -0.190. The lowest BCUT2D eigenvalue weighted by Gasteiger charge is -2.22. The van der Waals surface area contributed by atoms with Gasteiger partial charge in [0.25, 0.3) is 0 Å². The van der Waals surface area contributed by atoms with Crippen LogP contribution < -0.4 is 11.2 Å². The average molecular weight is 267 g/mol. The Balaban J connectivity index is 2.68. The van der Waals surface area contributed by atoms with Crippen LogP contribution in [-0.4, -0.2) is 22.2 Å². The van der Waals surface area contributed by atoms with Crippen molar-refractivity contribution in [2.45, 2.75) is 12.7 Å². The van der Waals surface area contributed by atoms with Gasteiger partial charge in [0.1, 0.15) is 5.76 Å². The van der Waals surface area contributed by atoms with Crippen LogP contribution in [0.4, 0.5) is 13.2 Å². The lowest BCUT2D eigenvalue weighted by molar-refractivity contribution is -0.177. The molecule has 0 aliphatic carbocycles. The zero-order valence-electron chi connectivity index (χ0n) is 8.32. The second-order valence-electron chi connectivity index (χ2n) is 2.94. The zero-order valence-corrected chi connectivity index (χ0v) is 9.14. The zero-order chi connectivity index (χ0) is 13.1. The number of hydrogen-bond donors (Lipinski definition) is 2. The number of hydrogen-bond acceptors (Lipinski definition) is 3. The summed E-state index contributed by atoms with van der Waals surface area (Å²) in [6.07, 6.45) is -3.68. The molecule has 0 aliphatic rings. The molecule has 0 fully saturated rings. The van der Waals surface area contributed by atoms with E-state index in [0.29, 0.717) is 10.8 Å². The normalized spacial score (nSPS) is 11.0. The lowest BCUT2D eigenvalue weighted by Crippen LogP contribution is -2.52. The number of nitrogens with one attached hydrogen (secondary N) is 1. The van der Waals surface area contributed by atoms with Gasteiger partial charge >= 0.3 is 12.1 Å². The van der Waals surface area contributed by atoms with Crippen molar-refractivity contribution in [1.29, 1.82) is 0 Å². The Morgan fingerprint density at radius 3 is 2.65 bits per heavy atom. The minimum Gasteiger partial charge on any atom is -0.467 e. The van der Waals surface area contributed by atoms with Crippen molar-refractivity contribution in [2.75, 3.05) is 0 Å². The van der Waals surface area contributed by atoms with Crippen molar-refractivity contribution in [3.05, 3.63) is 24.2 Å². The summed E-state index contributed by atoms with van der Waals surface area (Å²) in [4.78, 5) is 10.7. The Kier molecular flexibility index (Phi) is 3.94. The van der Waals surface area contributed by atoms with Gasteiger partial charge in [0.15, 0.2) is 5.11 Å². The number of amides is 1. The van der Waals surface area contributed by atoms with Crippen LogP contribution in [0.15, 0.2) is 22.8 Å². The Morgan fingerprint density at radius 2 is 2.24 bits per heavy atom. The first kappa shape index (κ1) is 13.3. The van der Waals surface area contributed by atoms with Crippen LogP contribution in [0.1, 0.15) is 5.76 Å². The van der Waals surface area contributed by atoms with Crippen molar-refractivity contribution in [3.63, 3.8) is 0 Å². The standard InChI is InChI=1S/C8H8F3N3O2S/c9-8(10,11)6(15)13-14(7(12)17)4-5-2-1-3-16-5/h1-3H,4H2,(H2,12,17)(H,13,15). The number of alkyl halides is 3. The molecule has 1 aromatic rings. The maximum atomic E-state index is 12.0. The largest absolute Gasteiger partial charge is 0.472 e. The van der Waals surface area contributed by atoms with Gasteiger partial charge in [-0.1, -0.05) is 0 Å². The number of rotatable bonds is 2. The van der Waals surface area contributed by atoms with Crippen LogP contribution in [0, 0.1) is 0 Å². The quantitative estimate of drug-likeness (QED) is 0.616. The fourth-order valence-electron chi connectivity index (χ4n) is 0.917. The summed E-state index contributed by atoms with van der Waals surface area (Å²) in [5, 5.41) is 0.267. The second-order valence-corrected chi connectivity index (χ2v) is 3.36. The van der Waals surface area contributed by atoms with E-state index in [1.807, 2.05) is 0 Å². The van der Waals surface area contributed by atoms with E-state index < -0.39 is 17.2 Å². The number of nitrogens with zero attached hydrogens (tertiary/aromatic N) is 1. The van der Waals surface area contributed by atoms with Crippen molar-refractivity contribution in [1.82, 2.24) is 10.4 Å². The summed E-state index contributed by atoms with van der Waals surface area (Å²) < 4.78 is 40.9. The molecule has 0 saturated heterocycles. The Hall–Kier alpha value is -1.77. The van der Waals surface area contributed by atoms with Gasteiger partial charge in [-0.15, -0.1) is 0 Å². The van der Waals surface area contributed by atoms with E-state index in [0.717, 1.165) is 0 Å². The summed E-state index contributed by atoms with van der Waals surface area (Å²) in [5.41, 5.74) is 6.72. The molecule has 17 heavy (non-hydrogen) atoms. The molecule has 0 unspecified atom stereocenters. The predicted octanol–water partition coefficient (Wildman–Crippen LogP) is 0.919. The predicted molar refractivity (Wildman–Crippen MR) is 55.2 cm³/mol. The highest BCUT2D eigenvalue weighted by molar-refractivity contribution is 7.80. The average Bonchev–Trinajstić information content (AvgIpc) is 2.67. The molecule has 0 aromatic carbocycles. The van der Waals surface area contributed by atoms with Gasteiger partial charge in [0.2, 0.25) is 0 Å². The van der Waals surface area contributed by atoms with E-state index in [1.165, 1.54) is 17.8 Å². The van der Waals surface area contributed by atoms with E-state index in [9.17, 15) is 18.0 Å². The SMILES string of the molecule is NC(=S)N(Cc1ccco1)NC(=O)C(F)(F)F. The Labute approximate surface area is 99.3 Å². The number of nitrogens with two attached hydrogens (primary N) is 1. The van der Waals surface area contributed by atoms with Gasteiger partial charge in [-0.2, -0.15) is 13.2 Å². The van der Waals surface area contributed by atoms with Gasteiger partial charge in [-0.3, -0.25) is 15.2 Å². The fraction of sp³-hybridized carbons (Fsp3) is 0.250. The highest BCUT2D eigenvalue weighted by atomic mass is 32.1. The number of carbonyl (C=O) groups excluding carboxylic acids is 1. The van der Waals surface area contributed by atoms with Crippen molar-refractivity contribution in [2.24, 2.45) is 5.73 Å². The number of furan rings is 1. The molecule has 1 aromatic heterocycles. The second kappa shape index (κ2) is 5.04. The highest BCUT2D eigenvalue weighted by Gasteiger charge is 2.40. The lowest BCUT2D eigenvalue weighted by atomic mass is 10.4. The van der Waals surface area contributed by atoms with E-state index in [2.05, 4.69) is 12.2 Å². The van der Waals surface area contributed by atoms with E-state index in [-0.39, 0.29) is 6.54 Å². The summed E-state index contributed by atoms with van der Waals surface area (Å²) in [5.74, 6) is -1.85. The van der Waals surface area contributed by atoms with Crippen molar-refractivity contribution >= 4 is 23.2 Å². The third kappa shape index (κ3) is 3.94. The van der Waals surface area contributed by atoms with Gasteiger partial charge in [-0.05, 0) is 24.4 Å². The van der Waals surface area contributed by atoms with Crippen LogP contribution >= 0.6 is 12.2 Å². The molecule has 5 nitrogen and oxygen atoms in total. The van der Waals surface area contributed by atoms with E-state index >= 15 is 0 Å². The number of carbonyl (C=O) groups is 1. The molecule has 9 heteroatoms. The van der Waals surface area contributed by atoms with Gasteiger partial charge in [0.05, 0.1) is 12.8 Å². The molecule has 0 saturated carbocycles. The number of thiocarbonyl (C=S) groups is 1. The van der Waals surface area contributed by atoms with Crippen molar-refractivity contribution < 1.29 is 22.4 Å². The molecule has 0 radical (unpaired) electrons. The molecular weight excluding hydrogens is 259 g/mol. The smallest absolute Gasteiger partial charge is 0.467 e. The Morgan fingerprint density at radius 1 is 1.59 bits per heavy atom. The summed E-state index contributed by atoms with van der Waals surface area (Å²) >= 11 is 4.51. The number of halogens is 3. The first-order valence-corrected chi connectivity index (χ1v) is 4.68. The van der Waals surface area contributed by atoms with Crippen LogP contribution in [0.3, 0.4) is 0 Å². The molecular formula is C8H8F3N3O2S. The fourth-order valence-corrected chi connectivity index (χ4v) is 1.03. The molecule has 1 amide bonds. The maximum Gasteiger partial charge on any atom is 0.472 e. The topological polar surface area (TPSA) is 71.5 Å². The minimum absolute atomic E-state index is 0.190. The van der Waals surface area contributed by atoms with Crippen LogP contribution in [0.25, 0.3) is 0 Å². The monoisotopic (exact) mass is 267 g/mol.